The Bertz CT molecular complexity index is 626. The second-order valence-corrected chi connectivity index (χ2v) is 9.20. The summed E-state index contributed by atoms with van der Waals surface area (Å²) in [5.41, 5.74) is 3.68. The van der Waals surface area contributed by atoms with Crippen molar-refractivity contribution in [3.05, 3.63) is 35.5 Å². The zero-order chi connectivity index (χ0) is 20.4. The maximum atomic E-state index is 11.8. The highest BCUT2D eigenvalue weighted by Crippen LogP contribution is 2.60. The molecule has 2 rings (SSSR count). The summed E-state index contributed by atoms with van der Waals surface area (Å²) < 4.78 is 4.87. The van der Waals surface area contributed by atoms with Gasteiger partial charge in [0.05, 0.1) is 19.6 Å². The van der Waals surface area contributed by atoms with Crippen LogP contribution in [0.1, 0.15) is 66.7 Å². The van der Waals surface area contributed by atoms with E-state index in [4.69, 9.17) is 4.74 Å². The van der Waals surface area contributed by atoms with Crippen molar-refractivity contribution in [1.29, 1.82) is 0 Å². The number of hydrogen-bond donors (Lipinski definition) is 1. The van der Waals surface area contributed by atoms with E-state index in [-0.39, 0.29) is 17.3 Å². The Morgan fingerprint density at radius 3 is 2.48 bits per heavy atom. The zero-order valence-corrected chi connectivity index (χ0v) is 18.0. The van der Waals surface area contributed by atoms with Crippen molar-refractivity contribution < 1.29 is 14.6 Å². The summed E-state index contributed by atoms with van der Waals surface area (Å²) in [6.45, 7) is 15.1. The molecule has 2 fully saturated rings. The maximum absolute atomic E-state index is 11.8. The van der Waals surface area contributed by atoms with Crippen molar-refractivity contribution >= 4 is 5.97 Å². The minimum atomic E-state index is -0.424. The fourth-order valence-electron chi connectivity index (χ4n) is 5.73. The molecule has 2 aliphatic carbocycles. The summed E-state index contributed by atoms with van der Waals surface area (Å²) in [7, 11) is 1.43. The van der Waals surface area contributed by atoms with Gasteiger partial charge in [-0.25, -0.2) is 0 Å². The summed E-state index contributed by atoms with van der Waals surface area (Å²) in [5, 5.41) is 11.1. The quantitative estimate of drug-likeness (QED) is 0.496. The smallest absolute Gasteiger partial charge is 0.305 e. The van der Waals surface area contributed by atoms with E-state index in [9.17, 15) is 9.90 Å². The summed E-state index contributed by atoms with van der Waals surface area (Å²) in [4.78, 5) is 11.8. The molecule has 27 heavy (non-hydrogen) atoms. The van der Waals surface area contributed by atoms with Gasteiger partial charge in [0, 0.05) is 0 Å². The van der Waals surface area contributed by atoms with Crippen molar-refractivity contribution in [3.8, 4) is 0 Å². The van der Waals surface area contributed by atoms with E-state index in [1.807, 2.05) is 0 Å². The Kier molecular flexibility index (Phi) is 7.13. The molecule has 3 nitrogen and oxygen atoms in total. The number of aliphatic hydroxyl groups excluding tert-OH is 1. The average molecular weight is 375 g/mol. The van der Waals surface area contributed by atoms with Crippen LogP contribution < -0.4 is 0 Å². The van der Waals surface area contributed by atoms with Gasteiger partial charge in [-0.15, -0.1) is 0 Å². The predicted molar refractivity (Wildman–Crippen MR) is 111 cm³/mol. The predicted octanol–water partition coefficient (Wildman–Crippen LogP) is 5.46. The minimum absolute atomic E-state index is 0.00953. The number of allylic oxidation sites excluding steroid dienone is 5. The van der Waals surface area contributed by atoms with E-state index in [2.05, 4.69) is 53.3 Å². The number of fused-ring (bicyclic) bond motifs is 1. The van der Waals surface area contributed by atoms with Crippen LogP contribution >= 0.6 is 0 Å². The fraction of sp³-hybridized carbons (Fsp3) is 0.708. The van der Waals surface area contributed by atoms with Gasteiger partial charge >= 0.3 is 5.97 Å². The monoisotopic (exact) mass is 374 g/mol. The summed E-state index contributed by atoms with van der Waals surface area (Å²) in [6.07, 6.45) is 8.41. The third-order valence-corrected chi connectivity index (χ3v) is 7.17. The van der Waals surface area contributed by atoms with E-state index in [1.54, 1.807) is 0 Å². The molecule has 3 heteroatoms. The first-order valence-electron chi connectivity index (χ1n) is 10.4. The lowest BCUT2D eigenvalue weighted by atomic mass is 9.57. The van der Waals surface area contributed by atoms with Crippen LogP contribution in [0, 0.1) is 29.1 Å². The lowest BCUT2D eigenvalue weighted by Crippen LogP contribution is -2.44. The van der Waals surface area contributed by atoms with Gasteiger partial charge < -0.3 is 9.84 Å². The lowest BCUT2D eigenvalue weighted by Gasteiger charge is -2.48. The number of rotatable bonds is 6. The van der Waals surface area contributed by atoms with Gasteiger partial charge in [0.1, 0.15) is 0 Å². The highest BCUT2D eigenvalue weighted by Gasteiger charge is 2.57. The van der Waals surface area contributed by atoms with Gasteiger partial charge in [0.2, 0.25) is 0 Å². The Balaban J connectivity index is 2.33. The van der Waals surface area contributed by atoms with Crippen LogP contribution in [0.15, 0.2) is 35.5 Å². The molecule has 0 aliphatic heterocycles. The van der Waals surface area contributed by atoms with Crippen LogP contribution in [0.5, 0.6) is 0 Å². The molecule has 0 radical (unpaired) electrons. The number of methoxy groups -OCH3 is 1. The second kappa shape index (κ2) is 8.77. The maximum Gasteiger partial charge on any atom is 0.305 e. The molecule has 6 atom stereocenters. The Labute approximate surface area is 165 Å². The molecule has 0 heterocycles. The number of esters is 1. The van der Waals surface area contributed by atoms with E-state index >= 15 is 0 Å². The van der Waals surface area contributed by atoms with Gasteiger partial charge in [0.15, 0.2) is 0 Å². The molecule has 152 valence electrons. The molecule has 0 aromatic heterocycles. The molecule has 1 N–H and O–H groups in total. The van der Waals surface area contributed by atoms with Crippen LogP contribution in [-0.4, -0.2) is 24.3 Å². The van der Waals surface area contributed by atoms with Crippen molar-refractivity contribution in [3.63, 3.8) is 0 Å². The highest BCUT2D eigenvalue weighted by molar-refractivity contribution is 5.69. The molecule has 2 saturated carbocycles. The van der Waals surface area contributed by atoms with Crippen molar-refractivity contribution in [2.75, 3.05) is 7.11 Å². The number of carbonyl (C=O) groups excluding carboxylic acids is 1. The first kappa shape index (κ1) is 21.9. The van der Waals surface area contributed by atoms with Gasteiger partial charge in [-0.05, 0) is 74.7 Å². The molecule has 0 unspecified atom stereocenters. The van der Waals surface area contributed by atoms with Gasteiger partial charge in [-0.2, -0.15) is 0 Å². The Morgan fingerprint density at radius 2 is 1.96 bits per heavy atom. The van der Waals surface area contributed by atoms with Gasteiger partial charge in [-0.3, -0.25) is 4.79 Å². The standard InChI is InChI=1S/C24H38O3/c1-8-18-20(19(16(4)5)10-9-15(2)3)11-12-24(6)21(18)13-17(23(24)26)14-22(25)27-7/h9-10,17-18,20-21,23,26H,4,8,11-14H2,1-3,5-7H3/b19-10+/t17-,18-,20+,21+,23+,24+/m1/s1. The topological polar surface area (TPSA) is 46.5 Å². The molecular formula is C24H38O3. The largest absolute Gasteiger partial charge is 0.469 e. The normalized spacial score (nSPS) is 36.1. The van der Waals surface area contributed by atoms with Gasteiger partial charge in [-0.1, -0.05) is 50.1 Å². The number of hydrogen-bond acceptors (Lipinski definition) is 3. The Morgan fingerprint density at radius 1 is 1.30 bits per heavy atom. The molecule has 0 spiro atoms. The fourth-order valence-corrected chi connectivity index (χ4v) is 5.73. The first-order chi connectivity index (χ1) is 12.7. The number of carbonyl (C=O) groups is 1. The van der Waals surface area contributed by atoms with Crippen molar-refractivity contribution in [2.45, 2.75) is 72.8 Å². The lowest BCUT2D eigenvalue weighted by molar-refractivity contribution is -0.143. The van der Waals surface area contributed by atoms with Crippen LogP contribution in [-0.2, 0) is 9.53 Å². The average Bonchev–Trinajstić information content (AvgIpc) is 2.85. The molecule has 0 amide bonds. The molecular weight excluding hydrogens is 336 g/mol. The Hall–Kier alpha value is -1.35. The van der Waals surface area contributed by atoms with Crippen LogP contribution in [0.2, 0.25) is 0 Å². The second-order valence-electron chi connectivity index (χ2n) is 9.20. The minimum Gasteiger partial charge on any atom is -0.469 e. The third-order valence-electron chi connectivity index (χ3n) is 7.17. The molecule has 0 saturated heterocycles. The summed E-state index contributed by atoms with van der Waals surface area (Å²) in [6, 6.07) is 0. The van der Waals surface area contributed by atoms with Crippen molar-refractivity contribution in [2.24, 2.45) is 29.1 Å². The number of aliphatic hydroxyl groups is 1. The SMILES string of the molecule is C=C(C)/C(=C\C=C(C)C)[C@H]1CC[C@]2(C)[C@@H](O)[C@@H](CC(=O)OC)C[C@H]2[C@@H]1CC. The van der Waals surface area contributed by atoms with Crippen LogP contribution in [0.3, 0.4) is 0 Å². The molecule has 0 bridgehead atoms. The van der Waals surface area contributed by atoms with E-state index in [0.29, 0.717) is 24.2 Å². The first-order valence-corrected chi connectivity index (χ1v) is 10.4. The number of ether oxygens (including phenoxy) is 1. The van der Waals surface area contributed by atoms with E-state index in [1.165, 1.54) is 18.3 Å². The third kappa shape index (κ3) is 4.39. The van der Waals surface area contributed by atoms with Crippen LogP contribution in [0.25, 0.3) is 0 Å². The highest BCUT2D eigenvalue weighted by atomic mass is 16.5. The van der Waals surface area contributed by atoms with Gasteiger partial charge in [0.25, 0.3) is 0 Å². The molecule has 2 aliphatic rings. The van der Waals surface area contributed by atoms with Crippen LogP contribution in [0.4, 0.5) is 0 Å². The summed E-state index contributed by atoms with van der Waals surface area (Å²) >= 11 is 0. The van der Waals surface area contributed by atoms with E-state index in [0.717, 1.165) is 31.3 Å². The molecule has 0 aromatic rings. The zero-order valence-electron chi connectivity index (χ0n) is 18.0. The van der Waals surface area contributed by atoms with Crippen molar-refractivity contribution in [1.82, 2.24) is 0 Å². The molecule has 0 aromatic carbocycles. The van der Waals surface area contributed by atoms with E-state index < -0.39 is 6.10 Å². The summed E-state index contributed by atoms with van der Waals surface area (Å²) in [5.74, 6) is 1.22.